The van der Waals surface area contributed by atoms with Crippen molar-refractivity contribution in [3.8, 4) is 39.9 Å². The summed E-state index contributed by atoms with van der Waals surface area (Å²) in [6.07, 6.45) is 15.8. The number of furan rings is 1. The van der Waals surface area contributed by atoms with Crippen LogP contribution in [0.2, 0.25) is 0 Å². The Morgan fingerprint density at radius 2 is 1.30 bits per heavy atom. The maximum atomic E-state index is 6.93. The van der Waals surface area contributed by atoms with Crippen LogP contribution in [0.15, 0.2) is 199 Å². The van der Waals surface area contributed by atoms with E-state index in [-0.39, 0.29) is 11.5 Å². The van der Waals surface area contributed by atoms with Gasteiger partial charge in [-0.3, -0.25) is 0 Å². The molecular formula is C62H41N5OS. The predicted octanol–water partition coefficient (Wildman–Crippen LogP) is 16.1. The maximum Gasteiger partial charge on any atom is 0.164 e. The molecule has 326 valence electrons. The summed E-state index contributed by atoms with van der Waals surface area (Å²) in [5.41, 5.74) is 12.3. The molecule has 2 unspecified atom stereocenters. The molecule has 0 bridgehead atoms. The second-order valence-electron chi connectivity index (χ2n) is 18.8. The van der Waals surface area contributed by atoms with E-state index in [0.717, 1.165) is 85.0 Å². The number of anilines is 2. The number of para-hydroxylation sites is 3. The largest absolute Gasteiger partial charge is 0.454 e. The second kappa shape index (κ2) is 14.6. The Morgan fingerprint density at radius 3 is 2.17 bits per heavy atom. The van der Waals surface area contributed by atoms with Crippen LogP contribution in [0.3, 0.4) is 0 Å². The average molecular weight is 904 g/mol. The summed E-state index contributed by atoms with van der Waals surface area (Å²) in [5.74, 6) is 1.85. The van der Waals surface area contributed by atoms with Crippen LogP contribution in [0.25, 0.3) is 111 Å². The molecule has 12 aromatic rings. The van der Waals surface area contributed by atoms with Crippen LogP contribution in [0.5, 0.6) is 0 Å². The zero-order valence-corrected chi connectivity index (χ0v) is 38.4. The Kier molecular flexibility index (Phi) is 8.16. The van der Waals surface area contributed by atoms with Crippen molar-refractivity contribution in [2.75, 3.05) is 4.90 Å². The summed E-state index contributed by atoms with van der Waals surface area (Å²) >= 11 is 1.88. The first-order chi connectivity index (χ1) is 34.0. The van der Waals surface area contributed by atoms with Gasteiger partial charge < -0.3 is 13.9 Å². The van der Waals surface area contributed by atoms with Crippen molar-refractivity contribution >= 4 is 93.4 Å². The van der Waals surface area contributed by atoms with E-state index in [1.165, 1.54) is 42.2 Å². The number of rotatable bonds is 5. The standard InChI is InChI=1S/C62H41N5OS/c1-62-30-14-13-25-57(62)67(52-34-38-16-6-5-15-37(38)33-49(52)62)53-35-41(32-48-44-20-8-11-23-54(44)68-58(48)53)61-64-59(63-60(65-61)40-26-28-46-45-21-9-12-24-55(45)69-56(46)36-40)39-27-29-51-47(31-39)43-19-7-10-22-50(43)66(51)42-17-3-2-4-18-42/h2-11,13-23,25-36,57H,12,24H2,1H3. The molecule has 4 aromatic heterocycles. The average Bonchev–Trinajstić information content (AvgIpc) is 4.14. The van der Waals surface area contributed by atoms with Gasteiger partial charge in [-0.15, -0.1) is 11.3 Å². The van der Waals surface area contributed by atoms with Gasteiger partial charge in [0.2, 0.25) is 0 Å². The normalized spacial score (nSPS) is 17.2. The maximum absolute atomic E-state index is 6.93. The van der Waals surface area contributed by atoms with Crippen molar-refractivity contribution < 1.29 is 4.42 Å². The van der Waals surface area contributed by atoms with Gasteiger partial charge in [0.15, 0.2) is 23.1 Å². The van der Waals surface area contributed by atoms with Gasteiger partial charge in [-0.2, -0.15) is 0 Å². The molecule has 8 aromatic carbocycles. The summed E-state index contributed by atoms with van der Waals surface area (Å²) in [7, 11) is 0. The van der Waals surface area contributed by atoms with Crippen molar-refractivity contribution in [1.82, 2.24) is 19.5 Å². The van der Waals surface area contributed by atoms with Crippen LogP contribution in [-0.4, -0.2) is 25.6 Å². The highest BCUT2D eigenvalue weighted by Gasteiger charge is 2.47. The lowest BCUT2D eigenvalue weighted by atomic mass is 9.75. The van der Waals surface area contributed by atoms with Gasteiger partial charge >= 0.3 is 0 Å². The third kappa shape index (κ3) is 5.74. The SMILES string of the molecule is CC12C=CC=CC1N(c1cc(-c3nc(-c4ccc5c6c(sc5c4)CCC=C6)nc(-c4ccc5c(c4)c4ccccc4n5-c4ccccc4)n3)cc3c1oc1ccccc13)c1cc3ccccc3cc12. The lowest BCUT2D eigenvalue weighted by molar-refractivity contribution is 0.550. The molecule has 0 saturated heterocycles. The fraction of sp³-hybridized carbons (Fsp3) is 0.0806. The third-order valence-corrected chi connectivity index (χ3v) is 16.1. The number of thiophene rings is 1. The first-order valence-electron chi connectivity index (χ1n) is 23.8. The molecule has 7 heteroatoms. The highest BCUT2D eigenvalue weighted by Crippen LogP contribution is 2.55. The minimum atomic E-state index is -0.284. The highest BCUT2D eigenvalue weighted by atomic mass is 32.1. The number of aromatic nitrogens is 4. The van der Waals surface area contributed by atoms with Crippen LogP contribution in [0, 0.1) is 0 Å². The van der Waals surface area contributed by atoms with Crippen LogP contribution in [0.1, 0.15) is 29.3 Å². The number of hydrogen-bond acceptors (Lipinski definition) is 6. The zero-order chi connectivity index (χ0) is 45.4. The van der Waals surface area contributed by atoms with Gasteiger partial charge in [0.05, 0.1) is 22.8 Å². The Hall–Kier alpha value is -8.39. The summed E-state index contributed by atoms with van der Waals surface area (Å²) in [6.45, 7) is 2.36. The van der Waals surface area contributed by atoms with E-state index >= 15 is 0 Å². The highest BCUT2D eigenvalue weighted by molar-refractivity contribution is 7.19. The molecule has 0 fully saturated rings. The number of aryl methyl sites for hydroxylation is 1. The molecule has 5 heterocycles. The smallest absolute Gasteiger partial charge is 0.164 e. The van der Waals surface area contributed by atoms with Crippen molar-refractivity contribution in [3.05, 3.63) is 210 Å². The van der Waals surface area contributed by atoms with Crippen LogP contribution >= 0.6 is 11.3 Å². The van der Waals surface area contributed by atoms with Gasteiger partial charge in [-0.25, -0.2) is 15.0 Å². The van der Waals surface area contributed by atoms with E-state index in [1.807, 2.05) is 17.4 Å². The minimum absolute atomic E-state index is 0.00612. The van der Waals surface area contributed by atoms with E-state index in [1.54, 1.807) is 0 Å². The van der Waals surface area contributed by atoms with E-state index in [0.29, 0.717) is 17.5 Å². The Labute approximate surface area is 401 Å². The van der Waals surface area contributed by atoms with Crippen molar-refractivity contribution in [2.45, 2.75) is 31.2 Å². The van der Waals surface area contributed by atoms with Crippen molar-refractivity contribution in [2.24, 2.45) is 0 Å². The number of hydrogen-bond donors (Lipinski definition) is 0. The second-order valence-corrected chi connectivity index (χ2v) is 20.0. The number of allylic oxidation sites excluding steroid dienone is 3. The third-order valence-electron chi connectivity index (χ3n) is 14.9. The predicted molar refractivity (Wildman–Crippen MR) is 286 cm³/mol. The van der Waals surface area contributed by atoms with Gasteiger partial charge in [-0.1, -0.05) is 127 Å². The fourth-order valence-electron chi connectivity index (χ4n) is 11.6. The van der Waals surface area contributed by atoms with Gasteiger partial charge in [0.1, 0.15) is 5.58 Å². The number of fused-ring (bicyclic) bond motifs is 13. The van der Waals surface area contributed by atoms with Crippen LogP contribution in [0.4, 0.5) is 11.4 Å². The van der Waals surface area contributed by atoms with E-state index in [4.69, 9.17) is 19.4 Å². The summed E-state index contributed by atoms with van der Waals surface area (Å²) < 4.78 is 10.5. The van der Waals surface area contributed by atoms with E-state index in [9.17, 15) is 0 Å². The lowest BCUT2D eigenvalue weighted by Crippen LogP contribution is -2.39. The topological polar surface area (TPSA) is 60.0 Å². The fourth-order valence-corrected chi connectivity index (χ4v) is 12.8. The zero-order valence-electron chi connectivity index (χ0n) is 37.6. The van der Waals surface area contributed by atoms with Crippen molar-refractivity contribution in [3.63, 3.8) is 0 Å². The molecule has 69 heavy (non-hydrogen) atoms. The lowest BCUT2D eigenvalue weighted by Gasteiger charge is -2.34. The first kappa shape index (κ1) is 38.7. The molecule has 0 radical (unpaired) electrons. The van der Waals surface area contributed by atoms with E-state index in [2.05, 4.69) is 211 Å². The molecule has 2 aliphatic carbocycles. The summed E-state index contributed by atoms with van der Waals surface area (Å²) in [4.78, 5) is 20.2. The molecule has 0 saturated carbocycles. The number of nitrogens with zero attached hydrogens (tertiary/aromatic N) is 5. The van der Waals surface area contributed by atoms with Gasteiger partial charge in [0, 0.05) is 64.6 Å². The molecule has 0 N–H and O–H groups in total. The van der Waals surface area contributed by atoms with Crippen LogP contribution in [-0.2, 0) is 11.8 Å². The molecule has 1 aliphatic heterocycles. The molecular weight excluding hydrogens is 863 g/mol. The monoisotopic (exact) mass is 903 g/mol. The quantitative estimate of drug-likeness (QED) is 0.172. The van der Waals surface area contributed by atoms with Gasteiger partial charge in [-0.05, 0) is 120 Å². The minimum Gasteiger partial charge on any atom is -0.454 e. The Bertz CT molecular complexity index is 4250. The summed E-state index contributed by atoms with van der Waals surface area (Å²) in [5, 5.41) is 8.09. The van der Waals surface area contributed by atoms with Gasteiger partial charge in [0.25, 0.3) is 0 Å². The molecule has 0 spiro atoms. The van der Waals surface area contributed by atoms with Crippen molar-refractivity contribution in [1.29, 1.82) is 0 Å². The Balaban J connectivity index is 0.983. The molecule has 3 aliphatic rings. The first-order valence-corrected chi connectivity index (χ1v) is 24.6. The number of benzene rings is 8. The molecule has 0 amide bonds. The Morgan fingerprint density at radius 1 is 0.594 bits per heavy atom. The van der Waals surface area contributed by atoms with Crippen LogP contribution < -0.4 is 4.90 Å². The molecule has 2 atom stereocenters. The summed E-state index contributed by atoms with van der Waals surface area (Å²) in [6, 6.07) is 58.8. The van der Waals surface area contributed by atoms with E-state index < -0.39 is 0 Å². The molecule has 15 rings (SSSR count). The molecule has 6 nitrogen and oxygen atoms in total.